The molecule has 0 aliphatic carbocycles. The molecular formula is C20H27N3O3. The van der Waals surface area contributed by atoms with E-state index in [4.69, 9.17) is 0 Å². The summed E-state index contributed by atoms with van der Waals surface area (Å²) < 4.78 is 0. The average Bonchev–Trinajstić information content (AvgIpc) is 3.01. The van der Waals surface area contributed by atoms with Crippen molar-refractivity contribution in [3.8, 4) is 0 Å². The number of fused-ring (bicyclic) bond motifs is 1. The molecule has 1 aromatic rings. The lowest BCUT2D eigenvalue weighted by Crippen LogP contribution is -2.46. The topological polar surface area (TPSA) is 60.9 Å². The van der Waals surface area contributed by atoms with Crippen LogP contribution in [-0.4, -0.2) is 67.0 Å². The van der Waals surface area contributed by atoms with Crippen LogP contribution < -0.4 is 4.90 Å². The van der Waals surface area contributed by atoms with E-state index in [1.165, 1.54) is 0 Å². The van der Waals surface area contributed by atoms with E-state index >= 15 is 0 Å². The summed E-state index contributed by atoms with van der Waals surface area (Å²) in [6.45, 7) is 7.26. The van der Waals surface area contributed by atoms with Crippen LogP contribution in [0, 0.1) is 0 Å². The molecule has 6 nitrogen and oxygen atoms in total. The number of carbonyl (C=O) groups excluding carboxylic acids is 3. The van der Waals surface area contributed by atoms with Crippen LogP contribution in [0.5, 0.6) is 0 Å². The Bertz CT molecular complexity index is 668. The van der Waals surface area contributed by atoms with Crippen molar-refractivity contribution in [2.75, 3.05) is 37.6 Å². The lowest BCUT2D eigenvalue weighted by Gasteiger charge is -2.36. The Morgan fingerprint density at radius 3 is 2.50 bits per heavy atom. The molecule has 1 saturated heterocycles. The van der Waals surface area contributed by atoms with Gasteiger partial charge in [0.25, 0.3) is 5.91 Å². The Balaban J connectivity index is 1.63. The lowest BCUT2D eigenvalue weighted by atomic mass is 10.1. The number of hydrogen-bond acceptors (Lipinski definition) is 5. The van der Waals surface area contributed by atoms with Gasteiger partial charge in [0, 0.05) is 69.4 Å². The summed E-state index contributed by atoms with van der Waals surface area (Å²) in [4.78, 5) is 40.3. The highest BCUT2D eigenvalue weighted by molar-refractivity contribution is 5.99. The molecule has 0 radical (unpaired) electrons. The molecule has 2 heterocycles. The summed E-state index contributed by atoms with van der Waals surface area (Å²) in [5.41, 5.74) is 3.03. The molecule has 1 aromatic carbocycles. The third-order valence-electron chi connectivity index (χ3n) is 5.46. The van der Waals surface area contributed by atoms with Crippen LogP contribution in [0.3, 0.4) is 0 Å². The number of rotatable bonds is 8. The third kappa shape index (κ3) is 3.96. The van der Waals surface area contributed by atoms with Crippen LogP contribution in [0.4, 0.5) is 5.69 Å². The Kier molecular flexibility index (Phi) is 6.04. The number of anilines is 1. The van der Waals surface area contributed by atoms with Gasteiger partial charge in [0.15, 0.2) is 0 Å². The van der Waals surface area contributed by atoms with Crippen LogP contribution in [0.1, 0.15) is 42.1 Å². The second-order valence-electron chi connectivity index (χ2n) is 7.15. The first-order chi connectivity index (χ1) is 12.6. The van der Waals surface area contributed by atoms with Crippen molar-refractivity contribution in [3.05, 3.63) is 29.3 Å². The maximum Gasteiger partial charge on any atom is 0.254 e. The van der Waals surface area contributed by atoms with Crippen molar-refractivity contribution in [1.82, 2.24) is 9.80 Å². The molecule has 0 bridgehead atoms. The molecule has 1 atom stereocenters. The van der Waals surface area contributed by atoms with E-state index in [9.17, 15) is 14.4 Å². The minimum Gasteiger partial charge on any atom is -0.369 e. The van der Waals surface area contributed by atoms with Crippen LogP contribution >= 0.6 is 0 Å². The predicted molar refractivity (Wildman–Crippen MR) is 100 cm³/mol. The quantitative estimate of drug-likeness (QED) is 0.663. The van der Waals surface area contributed by atoms with Gasteiger partial charge in [-0.2, -0.15) is 0 Å². The molecule has 26 heavy (non-hydrogen) atoms. The minimum absolute atomic E-state index is 0.0728. The number of aldehydes is 2. The summed E-state index contributed by atoms with van der Waals surface area (Å²) in [7, 11) is 0. The molecule has 1 unspecified atom stereocenters. The van der Waals surface area contributed by atoms with Gasteiger partial charge in [-0.3, -0.25) is 9.69 Å². The van der Waals surface area contributed by atoms with E-state index in [-0.39, 0.29) is 11.9 Å². The van der Waals surface area contributed by atoms with E-state index in [2.05, 4.69) is 15.9 Å². The molecule has 3 rings (SSSR count). The molecule has 0 spiro atoms. The first kappa shape index (κ1) is 18.6. The molecule has 6 heteroatoms. The molecule has 0 aromatic heterocycles. The van der Waals surface area contributed by atoms with Crippen molar-refractivity contribution < 1.29 is 14.4 Å². The predicted octanol–water partition coefficient (Wildman–Crippen LogP) is 1.72. The van der Waals surface area contributed by atoms with Gasteiger partial charge in [-0.15, -0.1) is 0 Å². The Labute approximate surface area is 154 Å². The van der Waals surface area contributed by atoms with Crippen molar-refractivity contribution in [3.63, 3.8) is 0 Å². The van der Waals surface area contributed by atoms with E-state index in [1.54, 1.807) is 0 Å². The van der Waals surface area contributed by atoms with Crippen LogP contribution in [0.2, 0.25) is 0 Å². The SMILES string of the molecule is CC(CCC=O)N1Cc2cc(N3CCN(CCC=O)CC3)ccc2C1=O. The molecule has 1 amide bonds. The normalized spacial score (nSPS) is 18.7. The molecule has 0 saturated carbocycles. The molecule has 0 N–H and O–H groups in total. The molecule has 1 fully saturated rings. The Morgan fingerprint density at radius 2 is 1.81 bits per heavy atom. The van der Waals surface area contributed by atoms with E-state index in [0.717, 1.165) is 62.1 Å². The highest BCUT2D eigenvalue weighted by Gasteiger charge is 2.31. The fraction of sp³-hybridized carbons (Fsp3) is 0.550. The number of benzene rings is 1. The fourth-order valence-corrected chi connectivity index (χ4v) is 3.81. The van der Waals surface area contributed by atoms with Crippen molar-refractivity contribution in [2.45, 2.75) is 38.8 Å². The van der Waals surface area contributed by atoms with E-state index in [0.29, 0.717) is 25.8 Å². The second kappa shape index (κ2) is 8.45. The zero-order chi connectivity index (χ0) is 18.5. The largest absolute Gasteiger partial charge is 0.369 e. The van der Waals surface area contributed by atoms with Gasteiger partial charge < -0.3 is 19.4 Å². The number of piperazine rings is 1. The average molecular weight is 357 g/mol. The van der Waals surface area contributed by atoms with Gasteiger partial charge >= 0.3 is 0 Å². The van der Waals surface area contributed by atoms with Gasteiger partial charge in [-0.1, -0.05) is 0 Å². The van der Waals surface area contributed by atoms with Gasteiger partial charge in [0.05, 0.1) is 0 Å². The maximum atomic E-state index is 12.6. The monoisotopic (exact) mass is 357 g/mol. The summed E-state index contributed by atoms with van der Waals surface area (Å²) in [6.07, 6.45) is 3.68. The number of hydrogen-bond donors (Lipinski definition) is 0. The van der Waals surface area contributed by atoms with Crippen molar-refractivity contribution >= 4 is 24.2 Å². The highest BCUT2D eigenvalue weighted by atomic mass is 16.2. The first-order valence-corrected chi connectivity index (χ1v) is 9.42. The Hall–Kier alpha value is -2.21. The standard InChI is InChI=1S/C20H27N3O3/c1-16(4-2-12-24)23-15-17-14-18(5-6-19(17)20(23)26)22-10-8-21(9-11-22)7-3-13-25/h5-6,12-14,16H,2-4,7-11,15H2,1H3. The van der Waals surface area contributed by atoms with Crippen molar-refractivity contribution in [2.24, 2.45) is 0 Å². The maximum absolute atomic E-state index is 12.6. The van der Waals surface area contributed by atoms with Crippen molar-refractivity contribution in [1.29, 1.82) is 0 Å². The third-order valence-corrected chi connectivity index (χ3v) is 5.46. The molecular weight excluding hydrogens is 330 g/mol. The van der Waals surface area contributed by atoms with E-state index in [1.807, 2.05) is 24.0 Å². The van der Waals surface area contributed by atoms with Gasteiger partial charge in [-0.25, -0.2) is 0 Å². The zero-order valence-corrected chi connectivity index (χ0v) is 15.4. The fourth-order valence-electron chi connectivity index (χ4n) is 3.81. The van der Waals surface area contributed by atoms with Gasteiger partial charge in [-0.05, 0) is 37.1 Å². The smallest absolute Gasteiger partial charge is 0.254 e. The summed E-state index contributed by atoms with van der Waals surface area (Å²) in [5, 5.41) is 0. The highest BCUT2D eigenvalue weighted by Crippen LogP contribution is 2.30. The van der Waals surface area contributed by atoms with Crippen LogP contribution in [-0.2, 0) is 16.1 Å². The summed E-state index contributed by atoms with van der Waals surface area (Å²) >= 11 is 0. The molecule has 2 aliphatic heterocycles. The van der Waals surface area contributed by atoms with Gasteiger partial charge in [0.2, 0.25) is 0 Å². The molecule has 2 aliphatic rings. The number of amides is 1. The molecule has 140 valence electrons. The van der Waals surface area contributed by atoms with Crippen LogP contribution in [0.15, 0.2) is 18.2 Å². The summed E-state index contributed by atoms with van der Waals surface area (Å²) in [6, 6.07) is 6.20. The second-order valence-corrected chi connectivity index (χ2v) is 7.15. The van der Waals surface area contributed by atoms with Crippen LogP contribution in [0.25, 0.3) is 0 Å². The van der Waals surface area contributed by atoms with Gasteiger partial charge in [0.1, 0.15) is 12.6 Å². The zero-order valence-electron chi connectivity index (χ0n) is 15.4. The lowest BCUT2D eigenvalue weighted by molar-refractivity contribution is -0.108. The summed E-state index contributed by atoms with van der Waals surface area (Å²) in [5.74, 6) is 0.0728. The van der Waals surface area contributed by atoms with E-state index < -0.39 is 0 Å². The first-order valence-electron chi connectivity index (χ1n) is 9.42. The Morgan fingerprint density at radius 1 is 1.08 bits per heavy atom. The number of carbonyl (C=O) groups is 3. The number of nitrogens with zero attached hydrogens (tertiary/aromatic N) is 3. The minimum atomic E-state index is 0.0728.